The number of nitrogens with zero attached hydrogens (tertiary/aromatic N) is 5. The van der Waals surface area contributed by atoms with Crippen molar-refractivity contribution in [3.8, 4) is 27.7 Å². The standard InChI is InChI=1S/C21H19FN6O2S2/c1-3-28-18(13-7-6-8-14(22)11-13)24-27-21(28)31-12-17(29)23-20-26-25-19(32-20)15-9-4-5-10-16(15)30-2/h4-11H,3,12H2,1-2H3,(H,23,26,29). The molecule has 0 bridgehead atoms. The van der Waals surface area contributed by atoms with Gasteiger partial charge >= 0.3 is 0 Å². The molecule has 2 aromatic heterocycles. The fraction of sp³-hybridized carbons (Fsp3) is 0.190. The zero-order valence-electron chi connectivity index (χ0n) is 17.3. The number of halogens is 1. The minimum Gasteiger partial charge on any atom is -0.496 e. The third-order valence-electron chi connectivity index (χ3n) is 4.46. The number of benzene rings is 2. The van der Waals surface area contributed by atoms with Gasteiger partial charge < -0.3 is 9.30 Å². The van der Waals surface area contributed by atoms with Crippen molar-refractivity contribution in [2.24, 2.45) is 0 Å². The van der Waals surface area contributed by atoms with Gasteiger partial charge in [0, 0.05) is 12.1 Å². The summed E-state index contributed by atoms with van der Waals surface area (Å²) in [5.41, 5.74) is 1.44. The Morgan fingerprint density at radius 2 is 2.00 bits per heavy atom. The molecule has 32 heavy (non-hydrogen) atoms. The van der Waals surface area contributed by atoms with Crippen molar-refractivity contribution in [3.63, 3.8) is 0 Å². The van der Waals surface area contributed by atoms with E-state index in [2.05, 4.69) is 25.7 Å². The van der Waals surface area contributed by atoms with E-state index in [0.717, 1.165) is 5.56 Å². The Balaban J connectivity index is 1.41. The van der Waals surface area contributed by atoms with Gasteiger partial charge in [-0.15, -0.1) is 20.4 Å². The topological polar surface area (TPSA) is 94.8 Å². The summed E-state index contributed by atoms with van der Waals surface area (Å²) in [5, 5.41) is 20.9. The maximum Gasteiger partial charge on any atom is 0.236 e. The van der Waals surface area contributed by atoms with Crippen LogP contribution in [0.2, 0.25) is 0 Å². The van der Waals surface area contributed by atoms with Crippen LogP contribution >= 0.6 is 23.1 Å². The fourth-order valence-electron chi connectivity index (χ4n) is 3.01. The van der Waals surface area contributed by atoms with Crippen molar-refractivity contribution in [3.05, 3.63) is 54.3 Å². The number of carbonyl (C=O) groups is 1. The number of aromatic nitrogens is 5. The van der Waals surface area contributed by atoms with Crippen LogP contribution in [0.3, 0.4) is 0 Å². The molecule has 1 amide bonds. The number of methoxy groups -OCH3 is 1. The third kappa shape index (κ3) is 4.78. The average Bonchev–Trinajstić information content (AvgIpc) is 3.44. The number of ether oxygens (including phenoxy) is 1. The summed E-state index contributed by atoms with van der Waals surface area (Å²) in [5.74, 6) is 0.776. The number of para-hydroxylation sites is 1. The number of carbonyl (C=O) groups excluding carboxylic acids is 1. The summed E-state index contributed by atoms with van der Waals surface area (Å²) >= 11 is 2.51. The molecule has 1 N–H and O–H groups in total. The zero-order chi connectivity index (χ0) is 22.5. The Kier molecular flexibility index (Phi) is 6.76. The van der Waals surface area contributed by atoms with Crippen molar-refractivity contribution in [1.82, 2.24) is 25.0 Å². The van der Waals surface area contributed by atoms with Gasteiger partial charge in [-0.2, -0.15) is 0 Å². The van der Waals surface area contributed by atoms with E-state index in [-0.39, 0.29) is 17.5 Å². The molecular weight excluding hydrogens is 451 g/mol. The fourth-order valence-corrected chi connectivity index (χ4v) is 4.60. The molecular formula is C21H19FN6O2S2. The summed E-state index contributed by atoms with van der Waals surface area (Å²) in [6.45, 7) is 2.53. The maximum absolute atomic E-state index is 13.6. The van der Waals surface area contributed by atoms with Gasteiger partial charge in [0.2, 0.25) is 11.0 Å². The summed E-state index contributed by atoms with van der Waals surface area (Å²) < 4.78 is 20.8. The lowest BCUT2D eigenvalue weighted by molar-refractivity contribution is -0.113. The van der Waals surface area contributed by atoms with Crippen molar-refractivity contribution in [1.29, 1.82) is 0 Å². The van der Waals surface area contributed by atoms with Gasteiger partial charge in [-0.05, 0) is 31.2 Å². The molecule has 2 heterocycles. The van der Waals surface area contributed by atoms with Crippen LogP contribution in [0.15, 0.2) is 53.7 Å². The first-order valence-corrected chi connectivity index (χ1v) is 11.5. The third-order valence-corrected chi connectivity index (χ3v) is 6.30. The highest BCUT2D eigenvalue weighted by atomic mass is 32.2. The predicted octanol–water partition coefficient (Wildman–Crippen LogP) is 4.36. The summed E-state index contributed by atoms with van der Waals surface area (Å²) in [6.07, 6.45) is 0. The van der Waals surface area contributed by atoms with E-state index in [1.165, 1.54) is 35.2 Å². The predicted molar refractivity (Wildman–Crippen MR) is 122 cm³/mol. The minimum absolute atomic E-state index is 0.116. The largest absolute Gasteiger partial charge is 0.496 e. The lowest BCUT2D eigenvalue weighted by Gasteiger charge is -2.07. The molecule has 2 aromatic carbocycles. The molecule has 8 nitrogen and oxygen atoms in total. The molecule has 0 atom stereocenters. The second-order valence-corrected chi connectivity index (χ2v) is 8.43. The van der Waals surface area contributed by atoms with Crippen LogP contribution in [0.25, 0.3) is 22.0 Å². The van der Waals surface area contributed by atoms with Crippen LogP contribution in [-0.2, 0) is 11.3 Å². The highest BCUT2D eigenvalue weighted by molar-refractivity contribution is 7.99. The second-order valence-electron chi connectivity index (χ2n) is 6.51. The van der Waals surface area contributed by atoms with E-state index in [4.69, 9.17) is 4.74 Å². The molecule has 0 radical (unpaired) electrons. The Hall–Kier alpha value is -3.31. The van der Waals surface area contributed by atoms with Gasteiger partial charge in [-0.3, -0.25) is 10.1 Å². The Morgan fingerprint density at radius 1 is 1.16 bits per heavy atom. The van der Waals surface area contributed by atoms with Crippen molar-refractivity contribution in [2.45, 2.75) is 18.6 Å². The SMILES string of the molecule is CCn1c(SCC(=O)Nc2nnc(-c3ccccc3OC)s2)nnc1-c1cccc(F)c1. The number of hydrogen-bond acceptors (Lipinski definition) is 8. The molecule has 0 spiro atoms. The first kappa shape index (κ1) is 21.9. The molecule has 0 unspecified atom stereocenters. The lowest BCUT2D eigenvalue weighted by Crippen LogP contribution is -2.14. The van der Waals surface area contributed by atoms with E-state index in [1.54, 1.807) is 19.2 Å². The van der Waals surface area contributed by atoms with Gasteiger partial charge in [0.1, 0.15) is 11.6 Å². The summed E-state index contributed by atoms with van der Waals surface area (Å²) in [7, 11) is 1.59. The second kappa shape index (κ2) is 9.88. The number of amides is 1. The van der Waals surface area contributed by atoms with E-state index < -0.39 is 0 Å². The molecule has 0 aliphatic heterocycles. The molecule has 0 aliphatic carbocycles. The Bertz CT molecular complexity index is 1240. The quantitative estimate of drug-likeness (QED) is 0.382. The van der Waals surface area contributed by atoms with Gasteiger partial charge in [-0.25, -0.2) is 4.39 Å². The van der Waals surface area contributed by atoms with Crippen LogP contribution in [0.5, 0.6) is 5.75 Å². The van der Waals surface area contributed by atoms with Crippen molar-refractivity contribution < 1.29 is 13.9 Å². The van der Waals surface area contributed by atoms with Gasteiger partial charge in [0.25, 0.3) is 0 Å². The first-order chi connectivity index (χ1) is 15.6. The smallest absolute Gasteiger partial charge is 0.236 e. The monoisotopic (exact) mass is 470 g/mol. The first-order valence-electron chi connectivity index (χ1n) is 9.67. The molecule has 4 aromatic rings. The molecule has 11 heteroatoms. The molecule has 0 fully saturated rings. The lowest BCUT2D eigenvalue weighted by atomic mass is 10.2. The zero-order valence-corrected chi connectivity index (χ0v) is 18.9. The Labute approximate surface area is 191 Å². The molecule has 0 saturated heterocycles. The van der Waals surface area contributed by atoms with Gasteiger partial charge in [0.05, 0.1) is 18.4 Å². The van der Waals surface area contributed by atoms with Gasteiger partial charge in [-0.1, -0.05) is 47.4 Å². The minimum atomic E-state index is -0.341. The normalized spacial score (nSPS) is 10.8. The van der Waals surface area contributed by atoms with Crippen LogP contribution in [0, 0.1) is 5.82 Å². The molecule has 164 valence electrons. The summed E-state index contributed by atoms with van der Waals surface area (Å²) in [4.78, 5) is 12.5. The molecule has 0 saturated carbocycles. The van der Waals surface area contributed by atoms with E-state index in [0.29, 0.717) is 39.0 Å². The summed E-state index contributed by atoms with van der Waals surface area (Å²) in [6, 6.07) is 13.7. The van der Waals surface area contributed by atoms with Crippen LogP contribution in [0.1, 0.15) is 6.92 Å². The number of rotatable bonds is 8. The molecule has 4 rings (SSSR count). The highest BCUT2D eigenvalue weighted by Crippen LogP contribution is 2.33. The van der Waals surface area contributed by atoms with E-state index in [1.807, 2.05) is 35.8 Å². The number of anilines is 1. The van der Waals surface area contributed by atoms with E-state index in [9.17, 15) is 9.18 Å². The highest BCUT2D eigenvalue weighted by Gasteiger charge is 2.17. The molecule has 0 aliphatic rings. The van der Waals surface area contributed by atoms with Crippen molar-refractivity contribution >= 4 is 34.1 Å². The Morgan fingerprint density at radius 3 is 2.78 bits per heavy atom. The number of thioether (sulfide) groups is 1. The van der Waals surface area contributed by atoms with Crippen LogP contribution in [-0.4, -0.2) is 43.7 Å². The van der Waals surface area contributed by atoms with Crippen LogP contribution in [0.4, 0.5) is 9.52 Å². The van der Waals surface area contributed by atoms with Crippen molar-refractivity contribution in [2.75, 3.05) is 18.2 Å². The maximum atomic E-state index is 13.6. The number of hydrogen-bond donors (Lipinski definition) is 1. The van der Waals surface area contributed by atoms with Crippen LogP contribution < -0.4 is 10.1 Å². The number of nitrogens with one attached hydrogen (secondary N) is 1. The average molecular weight is 471 g/mol. The van der Waals surface area contributed by atoms with Gasteiger partial charge in [0.15, 0.2) is 16.0 Å². The van der Waals surface area contributed by atoms with E-state index >= 15 is 0 Å².